The van der Waals surface area contributed by atoms with Crippen LogP contribution in [-0.2, 0) is 11.0 Å². The summed E-state index contributed by atoms with van der Waals surface area (Å²) in [5.41, 5.74) is -0.744. The molecule has 4 nitrogen and oxygen atoms in total. The van der Waals surface area contributed by atoms with Crippen LogP contribution in [0.1, 0.15) is 24.0 Å². The Balaban J connectivity index is 2.75. The molecule has 0 aromatic heterocycles. The Morgan fingerprint density at radius 3 is 2.63 bits per heavy atom. The normalized spacial score (nSPS) is 10.8. The second-order valence-corrected chi connectivity index (χ2v) is 3.79. The molecule has 0 fully saturated rings. The van der Waals surface area contributed by atoms with Crippen molar-refractivity contribution in [3.05, 3.63) is 29.3 Å². The summed E-state index contributed by atoms with van der Waals surface area (Å²) in [4.78, 5) is 10.3. The van der Waals surface area contributed by atoms with E-state index in [4.69, 9.17) is 10.4 Å². The van der Waals surface area contributed by atoms with Gasteiger partial charge in [0.15, 0.2) is 0 Å². The van der Waals surface area contributed by atoms with Crippen molar-refractivity contribution in [1.82, 2.24) is 0 Å². The maximum Gasteiger partial charge on any atom is 0.416 e. The van der Waals surface area contributed by atoms with E-state index in [2.05, 4.69) is 5.32 Å². The fraction of sp³-hybridized carbons (Fsp3) is 0.333. The van der Waals surface area contributed by atoms with Gasteiger partial charge in [-0.2, -0.15) is 18.4 Å². The van der Waals surface area contributed by atoms with E-state index in [0.29, 0.717) is 6.42 Å². The summed E-state index contributed by atoms with van der Waals surface area (Å²) in [6.07, 6.45) is -4.22. The summed E-state index contributed by atoms with van der Waals surface area (Å²) in [6.45, 7) is 0.270. The van der Waals surface area contributed by atoms with Crippen LogP contribution in [0.15, 0.2) is 18.2 Å². The molecular weight excluding hydrogens is 261 g/mol. The molecule has 2 N–H and O–H groups in total. The first-order valence-corrected chi connectivity index (χ1v) is 5.41. The van der Waals surface area contributed by atoms with Crippen molar-refractivity contribution < 1.29 is 23.1 Å². The van der Waals surface area contributed by atoms with Gasteiger partial charge in [-0.05, 0) is 24.6 Å². The van der Waals surface area contributed by atoms with E-state index >= 15 is 0 Å². The van der Waals surface area contributed by atoms with Gasteiger partial charge in [-0.1, -0.05) is 0 Å². The molecule has 0 spiro atoms. The van der Waals surface area contributed by atoms with E-state index < -0.39 is 17.7 Å². The van der Waals surface area contributed by atoms with Crippen LogP contribution in [0.25, 0.3) is 0 Å². The molecule has 0 amide bonds. The molecule has 0 saturated heterocycles. The molecule has 19 heavy (non-hydrogen) atoms. The van der Waals surface area contributed by atoms with Crippen LogP contribution >= 0.6 is 0 Å². The Morgan fingerprint density at radius 2 is 2.11 bits per heavy atom. The number of aliphatic carboxylic acids is 1. The molecule has 0 saturated carbocycles. The average molecular weight is 272 g/mol. The highest BCUT2D eigenvalue weighted by molar-refractivity contribution is 5.66. The van der Waals surface area contributed by atoms with Crippen molar-refractivity contribution in [3.8, 4) is 6.07 Å². The highest BCUT2D eigenvalue weighted by Crippen LogP contribution is 2.31. The van der Waals surface area contributed by atoms with E-state index in [-0.39, 0.29) is 24.2 Å². The molecule has 1 rings (SSSR count). The van der Waals surface area contributed by atoms with Gasteiger partial charge in [-0.3, -0.25) is 4.79 Å². The Hall–Kier alpha value is -2.23. The number of anilines is 1. The molecule has 0 aliphatic rings. The summed E-state index contributed by atoms with van der Waals surface area (Å²) in [5, 5.41) is 20.0. The third kappa shape index (κ3) is 4.50. The van der Waals surface area contributed by atoms with Gasteiger partial charge in [0.05, 0.1) is 16.8 Å². The minimum absolute atomic E-state index is 0.0461. The number of hydrogen-bond acceptors (Lipinski definition) is 3. The Kier molecular flexibility index (Phi) is 4.75. The topological polar surface area (TPSA) is 73.1 Å². The van der Waals surface area contributed by atoms with Crippen molar-refractivity contribution >= 4 is 11.7 Å². The van der Waals surface area contributed by atoms with Crippen LogP contribution in [-0.4, -0.2) is 17.6 Å². The number of nitrogens with one attached hydrogen (secondary N) is 1. The van der Waals surface area contributed by atoms with E-state index in [1.807, 2.05) is 0 Å². The van der Waals surface area contributed by atoms with Crippen molar-refractivity contribution in [2.24, 2.45) is 0 Å². The fourth-order valence-corrected chi connectivity index (χ4v) is 1.43. The lowest BCUT2D eigenvalue weighted by Gasteiger charge is -2.11. The molecule has 1 aromatic carbocycles. The number of halogens is 3. The predicted octanol–water partition coefficient (Wildman–Crippen LogP) is 2.85. The number of carboxylic acid groups (broad SMARTS) is 1. The first kappa shape index (κ1) is 14.8. The summed E-state index contributed by atoms with van der Waals surface area (Å²) >= 11 is 0. The molecule has 102 valence electrons. The Morgan fingerprint density at radius 1 is 1.42 bits per heavy atom. The highest BCUT2D eigenvalue weighted by atomic mass is 19.4. The summed E-state index contributed by atoms with van der Waals surface area (Å²) in [6, 6.07) is 4.49. The van der Waals surface area contributed by atoms with Crippen LogP contribution in [0, 0.1) is 11.3 Å². The van der Waals surface area contributed by atoms with Gasteiger partial charge in [0, 0.05) is 13.0 Å². The molecule has 0 heterocycles. The van der Waals surface area contributed by atoms with Gasteiger partial charge >= 0.3 is 12.1 Å². The van der Waals surface area contributed by atoms with Crippen LogP contribution in [0.2, 0.25) is 0 Å². The zero-order chi connectivity index (χ0) is 14.5. The van der Waals surface area contributed by atoms with Crippen molar-refractivity contribution in [2.45, 2.75) is 19.0 Å². The fourth-order valence-electron chi connectivity index (χ4n) is 1.43. The lowest BCUT2D eigenvalue weighted by Crippen LogP contribution is -2.09. The van der Waals surface area contributed by atoms with Crippen LogP contribution in [0.3, 0.4) is 0 Å². The zero-order valence-electron chi connectivity index (χ0n) is 9.79. The summed E-state index contributed by atoms with van der Waals surface area (Å²) in [5.74, 6) is -0.949. The molecular formula is C12H11F3N2O2. The summed E-state index contributed by atoms with van der Waals surface area (Å²) < 4.78 is 37.3. The average Bonchev–Trinajstić information content (AvgIpc) is 2.33. The van der Waals surface area contributed by atoms with Gasteiger partial charge in [-0.15, -0.1) is 0 Å². The number of hydrogen-bond donors (Lipinski definition) is 2. The van der Waals surface area contributed by atoms with Crippen molar-refractivity contribution in [1.29, 1.82) is 5.26 Å². The first-order chi connectivity index (χ1) is 8.84. The van der Waals surface area contributed by atoms with Crippen molar-refractivity contribution in [2.75, 3.05) is 11.9 Å². The number of rotatable bonds is 5. The molecule has 7 heteroatoms. The standard InChI is InChI=1S/C12H11F3N2O2/c13-12(14,15)9-3-4-10(8(6-9)7-16)17-5-1-2-11(18)19/h3-4,6,17H,1-2,5H2,(H,18,19). The van der Waals surface area contributed by atoms with Gasteiger partial charge < -0.3 is 10.4 Å². The Labute approximate surface area is 107 Å². The summed E-state index contributed by atoms with van der Waals surface area (Å²) in [7, 11) is 0. The number of nitrogens with zero attached hydrogens (tertiary/aromatic N) is 1. The molecule has 0 unspecified atom stereocenters. The SMILES string of the molecule is N#Cc1cc(C(F)(F)F)ccc1NCCCC(=O)O. The van der Waals surface area contributed by atoms with Crippen LogP contribution < -0.4 is 5.32 Å². The minimum atomic E-state index is -4.49. The van der Waals surface area contributed by atoms with Gasteiger partial charge in [0.25, 0.3) is 0 Å². The Bertz CT molecular complexity index is 507. The third-order valence-electron chi connectivity index (χ3n) is 2.35. The van der Waals surface area contributed by atoms with Gasteiger partial charge in [-0.25, -0.2) is 0 Å². The van der Waals surface area contributed by atoms with Crippen LogP contribution in [0.4, 0.5) is 18.9 Å². The van der Waals surface area contributed by atoms with Gasteiger partial charge in [0.1, 0.15) is 6.07 Å². The second kappa shape index (κ2) is 6.09. The molecule has 0 bridgehead atoms. The smallest absolute Gasteiger partial charge is 0.416 e. The zero-order valence-corrected chi connectivity index (χ0v) is 9.79. The highest BCUT2D eigenvalue weighted by Gasteiger charge is 2.30. The molecule has 1 aromatic rings. The molecule has 0 atom stereocenters. The number of carboxylic acids is 1. The predicted molar refractivity (Wildman–Crippen MR) is 61.5 cm³/mol. The monoisotopic (exact) mass is 272 g/mol. The number of alkyl halides is 3. The minimum Gasteiger partial charge on any atom is -0.481 e. The number of carbonyl (C=O) groups is 1. The maximum atomic E-state index is 12.4. The van der Waals surface area contributed by atoms with Crippen molar-refractivity contribution in [3.63, 3.8) is 0 Å². The molecule has 0 aliphatic carbocycles. The van der Waals surface area contributed by atoms with E-state index in [1.165, 1.54) is 6.07 Å². The van der Waals surface area contributed by atoms with E-state index in [9.17, 15) is 18.0 Å². The van der Waals surface area contributed by atoms with E-state index in [0.717, 1.165) is 12.1 Å². The van der Waals surface area contributed by atoms with Gasteiger partial charge in [0.2, 0.25) is 0 Å². The quantitative estimate of drug-likeness (QED) is 0.808. The van der Waals surface area contributed by atoms with E-state index in [1.54, 1.807) is 6.07 Å². The second-order valence-electron chi connectivity index (χ2n) is 3.79. The third-order valence-corrected chi connectivity index (χ3v) is 2.35. The maximum absolute atomic E-state index is 12.4. The molecule has 0 aliphatic heterocycles. The first-order valence-electron chi connectivity index (χ1n) is 5.41. The molecule has 0 radical (unpaired) electrons. The van der Waals surface area contributed by atoms with Crippen LogP contribution in [0.5, 0.6) is 0 Å². The number of nitriles is 1. The largest absolute Gasteiger partial charge is 0.481 e. The number of benzene rings is 1. The lowest BCUT2D eigenvalue weighted by molar-refractivity contribution is -0.138. The lowest BCUT2D eigenvalue weighted by atomic mass is 10.1.